The molecule has 0 N–H and O–H groups in total. The van der Waals surface area contributed by atoms with E-state index in [1.54, 1.807) is 6.20 Å². The van der Waals surface area contributed by atoms with E-state index >= 15 is 0 Å². The van der Waals surface area contributed by atoms with Gasteiger partial charge in [-0.3, -0.25) is 4.98 Å². The van der Waals surface area contributed by atoms with Crippen molar-refractivity contribution in [3.8, 4) is 5.69 Å². The number of pyridine rings is 1. The van der Waals surface area contributed by atoms with E-state index in [2.05, 4.69) is 20.4 Å². The van der Waals surface area contributed by atoms with Crippen molar-refractivity contribution in [2.45, 2.75) is 6.92 Å². The molecule has 0 radical (unpaired) electrons. The molecule has 0 bridgehead atoms. The van der Waals surface area contributed by atoms with Gasteiger partial charge in [-0.05, 0) is 24.3 Å². The van der Waals surface area contributed by atoms with Crippen molar-refractivity contribution in [3.05, 3.63) is 30.4 Å². The summed E-state index contributed by atoms with van der Waals surface area (Å²) in [6.45, 7) is 1.93. The maximum atomic E-state index is 4.11. The zero-order chi connectivity index (χ0) is 8.39. The molecular formula is C7H7N5. The van der Waals surface area contributed by atoms with Crippen LogP contribution in [-0.2, 0) is 0 Å². The van der Waals surface area contributed by atoms with Gasteiger partial charge in [-0.1, -0.05) is 0 Å². The second-order valence-corrected chi connectivity index (χ2v) is 2.38. The van der Waals surface area contributed by atoms with Crippen LogP contribution in [0.1, 0.15) is 5.69 Å². The predicted molar refractivity (Wildman–Crippen MR) is 41.7 cm³/mol. The average Bonchev–Trinajstić information content (AvgIpc) is 2.58. The lowest BCUT2D eigenvalue weighted by Gasteiger charge is -1.96. The highest BCUT2D eigenvalue weighted by Gasteiger charge is 1.96. The highest BCUT2D eigenvalue weighted by molar-refractivity contribution is 5.25. The quantitative estimate of drug-likeness (QED) is 0.606. The minimum atomic E-state index is 0.818. The molecule has 2 heterocycles. The van der Waals surface area contributed by atoms with Crippen LogP contribution in [0.3, 0.4) is 0 Å². The second-order valence-electron chi connectivity index (χ2n) is 2.38. The Kier molecular flexibility index (Phi) is 1.55. The Morgan fingerprint density at radius 2 is 2.25 bits per heavy atom. The van der Waals surface area contributed by atoms with Crippen molar-refractivity contribution in [1.29, 1.82) is 0 Å². The van der Waals surface area contributed by atoms with Gasteiger partial charge in [0.2, 0.25) is 0 Å². The summed E-state index contributed by atoms with van der Waals surface area (Å²) in [5, 5.41) is 11.2. The minimum absolute atomic E-state index is 0.818. The van der Waals surface area contributed by atoms with E-state index in [4.69, 9.17) is 0 Å². The van der Waals surface area contributed by atoms with Gasteiger partial charge in [0.05, 0.1) is 6.20 Å². The Labute approximate surface area is 69.1 Å². The van der Waals surface area contributed by atoms with E-state index in [1.165, 1.54) is 11.1 Å². The molecule has 0 spiro atoms. The third-order valence-electron chi connectivity index (χ3n) is 1.48. The zero-order valence-electron chi connectivity index (χ0n) is 6.55. The molecule has 0 unspecified atom stereocenters. The predicted octanol–water partition coefficient (Wildman–Crippen LogP) is 0.366. The summed E-state index contributed by atoms with van der Waals surface area (Å²) in [7, 11) is 0. The fourth-order valence-corrected chi connectivity index (χ4v) is 0.864. The lowest BCUT2D eigenvalue weighted by atomic mass is 10.3. The third-order valence-corrected chi connectivity index (χ3v) is 1.48. The highest BCUT2D eigenvalue weighted by atomic mass is 15.6. The van der Waals surface area contributed by atoms with Crippen LogP contribution in [0.15, 0.2) is 24.7 Å². The maximum Gasteiger partial charge on any atom is 0.162 e. The van der Waals surface area contributed by atoms with Crippen LogP contribution in [0.4, 0.5) is 0 Å². The molecular weight excluding hydrogens is 154 g/mol. The van der Waals surface area contributed by atoms with E-state index in [1.807, 2.05) is 19.1 Å². The van der Waals surface area contributed by atoms with Gasteiger partial charge < -0.3 is 0 Å². The number of aryl methyl sites for hydroxylation is 1. The number of hydrogen-bond acceptors (Lipinski definition) is 4. The second kappa shape index (κ2) is 2.69. The van der Waals surface area contributed by atoms with E-state index in [9.17, 15) is 0 Å². The Balaban J connectivity index is 2.43. The number of tetrazole rings is 1. The molecule has 2 aromatic heterocycles. The lowest BCUT2D eigenvalue weighted by Crippen LogP contribution is -1.99. The van der Waals surface area contributed by atoms with Gasteiger partial charge in [0.25, 0.3) is 0 Å². The molecule has 0 atom stereocenters. The van der Waals surface area contributed by atoms with Gasteiger partial charge in [0, 0.05) is 5.69 Å². The van der Waals surface area contributed by atoms with Gasteiger partial charge in [0.15, 0.2) is 6.33 Å². The Bertz CT molecular complexity index is 350. The van der Waals surface area contributed by atoms with Gasteiger partial charge in [-0.2, -0.15) is 0 Å². The fraction of sp³-hybridized carbons (Fsp3) is 0.143. The third kappa shape index (κ3) is 1.16. The molecule has 2 rings (SSSR count). The van der Waals surface area contributed by atoms with Crippen molar-refractivity contribution in [2.75, 3.05) is 0 Å². The number of nitrogens with zero attached hydrogens (tertiary/aromatic N) is 5. The molecule has 0 aliphatic heterocycles. The SMILES string of the molecule is Cc1ccc(-n2ncnn2)cn1. The lowest BCUT2D eigenvalue weighted by molar-refractivity contribution is 0.716. The first kappa shape index (κ1) is 6.90. The molecule has 0 aliphatic rings. The van der Waals surface area contributed by atoms with Gasteiger partial charge in [0.1, 0.15) is 5.69 Å². The van der Waals surface area contributed by atoms with Crippen molar-refractivity contribution in [2.24, 2.45) is 0 Å². The maximum absolute atomic E-state index is 4.11. The van der Waals surface area contributed by atoms with Crippen molar-refractivity contribution in [3.63, 3.8) is 0 Å². The molecule has 0 saturated carbocycles. The molecule has 12 heavy (non-hydrogen) atoms. The monoisotopic (exact) mass is 161 g/mol. The van der Waals surface area contributed by atoms with Crippen molar-refractivity contribution < 1.29 is 0 Å². The van der Waals surface area contributed by atoms with E-state index < -0.39 is 0 Å². The fourth-order valence-electron chi connectivity index (χ4n) is 0.864. The molecule has 5 nitrogen and oxygen atoms in total. The zero-order valence-corrected chi connectivity index (χ0v) is 6.55. The smallest absolute Gasteiger partial charge is 0.162 e. The molecule has 0 amide bonds. The Morgan fingerprint density at radius 3 is 2.83 bits per heavy atom. The Morgan fingerprint density at radius 1 is 1.33 bits per heavy atom. The molecule has 0 fully saturated rings. The standard InChI is InChI=1S/C7H7N5/c1-6-2-3-7(4-8-6)12-10-5-9-11-12/h2-5H,1H3. The highest BCUT2D eigenvalue weighted by Crippen LogP contribution is 2.01. The average molecular weight is 161 g/mol. The van der Waals surface area contributed by atoms with E-state index in [0.717, 1.165) is 11.4 Å². The molecule has 0 aliphatic carbocycles. The molecule has 2 aromatic rings. The van der Waals surface area contributed by atoms with E-state index in [-0.39, 0.29) is 0 Å². The first-order valence-electron chi connectivity index (χ1n) is 3.52. The molecule has 5 heteroatoms. The summed E-state index contributed by atoms with van der Waals surface area (Å²) >= 11 is 0. The van der Waals surface area contributed by atoms with Gasteiger partial charge in [-0.15, -0.1) is 15.0 Å². The first-order valence-corrected chi connectivity index (χ1v) is 3.52. The van der Waals surface area contributed by atoms with Gasteiger partial charge in [-0.25, -0.2) is 0 Å². The topological polar surface area (TPSA) is 56.5 Å². The summed E-state index contributed by atoms with van der Waals surface area (Å²) in [5.74, 6) is 0. The first-order chi connectivity index (χ1) is 5.86. The van der Waals surface area contributed by atoms with Crippen LogP contribution in [0, 0.1) is 6.92 Å². The van der Waals surface area contributed by atoms with E-state index in [0.29, 0.717) is 0 Å². The summed E-state index contributed by atoms with van der Waals surface area (Å²) in [6.07, 6.45) is 3.09. The van der Waals surface area contributed by atoms with Gasteiger partial charge >= 0.3 is 0 Å². The summed E-state index contributed by atoms with van der Waals surface area (Å²) in [5.41, 5.74) is 1.79. The van der Waals surface area contributed by atoms with Crippen LogP contribution in [-0.4, -0.2) is 25.2 Å². The van der Waals surface area contributed by atoms with Crippen LogP contribution < -0.4 is 0 Å². The van der Waals surface area contributed by atoms with Crippen LogP contribution in [0.5, 0.6) is 0 Å². The largest absolute Gasteiger partial charge is 0.259 e. The minimum Gasteiger partial charge on any atom is -0.259 e. The van der Waals surface area contributed by atoms with Crippen LogP contribution in [0.2, 0.25) is 0 Å². The molecule has 60 valence electrons. The number of aromatic nitrogens is 5. The van der Waals surface area contributed by atoms with Crippen LogP contribution >= 0.6 is 0 Å². The summed E-state index contributed by atoms with van der Waals surface area (Å²) in [4.78, 5) is 5.53. The summed E-state index contributed by atoms with van der Waals surface area (Å²) in [6, 6.07) is 3.79. The van der Waals surface area contributed by atoms with Crippen molar-refractivity contribution >= 4 is 0 Å². The molecule has 0 saturated heterocycles. The van der Waals surface area contributed by atoms with Crippen LogP contribution in [0.25, 0.3) is 5.69 Å². The summed E-state index contributed by atoms with van der Waals surface area (Å²) < 4.78 is 0. The molecule has 0 aromatic carbocycles. The Hall–Kier alpha value is -1.78. The normalized spacial score (nSPS) is 10.1. The number of rotatable bonds is 1. The number of hydrogen-bond donors (Lipinski definition) is 0. The van der Waals surface area contributed by atoms with Crippen molar-refractivity contribution in [1.82, 2.24) is 25.2 Å².